The molecule has 3 nitrogen and oxygen atoms in total. The predicted octanol–water partition coefficient (Wildman–Crippen LogP) is 4.07. The molecule has 0 aliphatic rings. The average molecular weight is 272 g/mol. The number of para-hydroxylation sites is 1. The molecule has 0 atom stereocenters. The molecular formula is C15H14ClN3. The second-order valence-corrected chi connectivity index (χ2v) is 4.52. The van der Waals surface area contributed by atoms with Crippen LogP contribution < -0.4 is 4.90 Å². The van der Waals surface area contributed by atoms with Gasteiger partial charge in [0.1, 0.15) is 11.1 Å². The number of halogens is 1. The van der Waals surface area contributed by atoms with Crippen LogP contribution in [0.15, 0.2) is 36.5 Å². The first-order valence-corrected chi connectivity index (χ1v) is 6.44. The fraction of sp³-hybridized carbons (Fsp3) is 0.200. The van der Waals surface area contributed by atoms with Crippen LogP contribution in [-0.2, 0) is 0 Å². The monoisotopic (exact) mass is 271 g/mol. The summed E-state index contributed by atoms with van der Waals surface area (Å²) in [6.45, 7) is 4.80. The Morgan fingerprint density at radius 2 is 2.05 bits per heavy atom. The minimum Gasteiger partial charge on any atom is -0.325 e. The molecule has 0 bridgehead atoms. The van der Waals surface area contributed by atoms with Gasteiger partial charge in [-0.1, -0.05) is 29.8 Å². The Bertz CT molecular complexity index is 632. The minimum absolute atomic E-state index is 0.398. The van der Waals surface area contributed by atoms with Gasteiger partial charge in [0, 0.05) is 18.4 Å². The largest absolute Gasteiger partial charge is 0.325 e. The molecule has 19 heavy (non-hydrogen) atoms. The van der Waals surface area contributed by atoms with Crippen molar-refractivity contribution in [3.05, 3.63) is 52.7 Å². The number of pyridine rings is 1. The molecule has 0 N–H and O–H groups in total. The minimum atomic E-state index is 0.398. The van der Waals surface area contributed by atoms with Crippen LogP contribution in [0.1, 0.15) is 18.1 Å². The van der Waals surface area contributed by atoms with E-state index < -0.39 is 0 Å². The maximum atomic E-state index is 9.04. The molecule has 1 heterocycles. The molecule has 0 fully saturated rings. The van der Waals surface area contributed by atoms with E-state index in [0.29, 0.717) is 16.4 Å². The molecule has 0 saturated carbocycles. The molecule has 0 spiro atoms. The molecule has 1 aromatic carbocycles. The first kappa shape index (κ1) is 13.4. The van der Waals surface area contributed by atoms with Crippen LogP contribution in [0.4, 0.5) is 11.5 Å². The summed E-state index contributed by atoms with van der Waals surface area (Å²) in [5.74, 6) is 0.623. The van der Waals surface area contributed by atoms with Gasteiger partial charge < -0.3 is 4.90 Å². The molecule has 0 unspecified atom stereocenters. The zero-order valence-electron chi connectivity index (χ0n) is 10.9. The lowest BCUT2D eigenvalue weighted by molar-refractivity contribution is 0.982. The molecule has 0 aliphatic carbocycles. The molecule has 1 aromatic heterocycles. The summed E-state index contributed by atoms with van der Waals surface area (Å²) in [4.78, 5) is 6.33. The number of aromatic nitrogens is 1. The molecule has 0 amide bonds. The van der Waals surface area contributed by atoms with Gasteiger partial charge in [0.15, 0.2) is 5.82 Å². The van der Waals surface area contributed by atoms with Crippen LogP contribution >= 0.6 is 11.6 Å². The van der Waals surface area contributed by atoms with E-state index in [-0.39, 0.29) is 0 Å². The summed E-state index contributed by atoms with van der Waals surface area (Å²) in [6, 6.07) is 11.7. The van der Waals surface area contributed by atoms with Crippen LogP contribution in [0.3, 0.4) is 0 Å². The predicted molar refractivity (Wildman–Crippen MR) is 77.8 cm³/mol. The van der Waals surface area contributed by atoms with Crippen molar-refractivity contribution in [3.63, 3.8) is 0 Å². The van der Waals surface area contributed by atoms with Crippen LogP contribution in [0.25, 0.3) is 0 Å². The van der Waals surface area contributed by atoms with E-state index in [9.17, 15) is 0 Å². The Hall–Kier alpha value is -2.05. The van der Waals surface area contributed by atoms with Gasteiger partial charge in [-0.3, -0.25) is 0 Å². The SMILES string of the molecule is CCN(c1ccccc1C)c1nccc(C#N)c1Cl. The number of anilines is 2. The third-order valence-electron chi connectivity index (χ3n) is 2.97. The van der Waals surface area contributed by atoms with Gasteiger partial charge in [0.2, 0.25) is 0 Å². The van der Waals surface area contributed by atoms with E-state index in [0.717, 1.165) is 17.8 Å². The number of benzene rings is 1. The van der Waals surface area contributed by atoms with Crippen molar-refractivity contribution in [2.45, 2.75) is 13.8 Å². The standard InChI is InChI=1S/C15H14ClN3/c1-3-19(13-7-5-4-6-11(13)2)15-14(16)12(10-17)8-9-18-15/h4-9H,3H2,1-2H3. The zero-order valence-corrected chi connectivity index (χ0v) is 11.6. The van der Waals surface area contributed by atoms with Crippen LogP contribution in [-0.4, -0.2) is 11.5 Å². The fourth-order valence-corrected chi connectivity index (χ4v) is 2.26. The summed E-state index contributed by atoms with van der Waals surface area (Å²) in [6.07, 6.45) is 1.61. The van der Waals surface area contributed by atoms with Crippen molar-refractivity contribution >= 4 is 23.1 Å². The Morgan fingerprint density at radius 3 is 2.68 bits per heavy atom. The molecule has 0 radical (unpaired) electrons. The summed E-state index contributed by atoms with van der Waals surface area (Å²) in [5, 5.41) is 9.44. The van der Waals surface area contributed by atoms with E-state index in [4.69, 9.17) is 16.9 Å². The second-order valence-electron chi connectivity index (χ2n) is 4.14. The Kier molecular flexibility index (Phi) is 4.03. The van der Waals surface area contributed by atoms with Gasteiger partial charge in [0.25, 0.3) is 0 Å². The highest BCUT2D eigenvalue weighted by atomic mass is 35.5. The first-order chi connectivity index (χ1) is 9.19. The molecule has 0 saturated heterocycles. The Labute approximate surface area is 118 Å². The summed E-state index contributed by atoms with van der Waals surface area (Å²) >= 11 is 6.26. The van der Waals surface area contributed by atoms with Crippen LogP contribution in [0, 0.1) is 18.3 Å². The molecular weight excluding hydrogens is 258 g/mol. The quantitative estimate of drug-likeness (QED) is 0.845. The van der Waals surface area contributed by atoms with Crippen LogP contribution in [0.2, 0.25) is 5.02 Å². The van der Waals surface area contributed by atoms with E-state index in [2.05, 4.69) is 11.1 Å². The number of nitriles is 1. The van der Waals surface area contributed by atoms with E-state index in [1.807, 2.05) is 43.0 Å². The zero-order chi connectivity index (χ0) is 13.8. The van der Waals surface area contributed by atoms with E-state index in [1.165, 1.54) is 0 Å². The van der Waals surface area contributed by atoms with Crippen LogP contribution in [0.5, 0.6) is 0 Å². The summed E-state index contributed by atoms with van der Waals surface area (Å²) in [5.41, 5.74) is 2.64. The lowest BCUT2D eigenvalue weighted by Gasteiger charge is -2.25. The number of rotatable bonds is 3. The van der Waals surface area contributed by atoms with Gasteiger partial charge in [-0.05, 0) is 31.5 Å². The van der Waals surface area contributed by atoms with Gasteiger partial charge in [-0.15, -0.1) is 0 Å². The van der Waals surface area contributed by atoms with Gasteiger partial charge >= 0.3 is 0 Å². The highest BCUT2D eigenvalue weighted by molar-refractivity contribution is 6.34. The molecule has 2 rings (SSSR count). The Morgan fingerprint density at radius 1 is 1.32 bits per heavy atom. The summed E-state index contributed by atoms with van der Waals surface area (Å²) in [7, 11) is 0. The third-order valence-corrected chi connectivity index (χ3v) is 3.34. The smallest absolute Gasteiger partial charge is 0.153 e. The van der Waals surface area contributed by atoms with Gasteiger partial charge in [0.05, 0.1) is 5.56 Å². The maximum absolute atomic E-state index is 9.04. The normalized spacial score (nSPS) is 10.0. The number of nitrogens with zero attached hydrogens (tertiary/aromatic N) is 3. The lowest BCUT2D eigenvalue weighted by Crippen LogP contribution is -2.19. The van der Waals surface area contributed by atoms with E-state index >= 15 is 0 Å². The van der Waals surface area contributed by atoms with Crippen molar-refractivity contribution in [3.8, 4) is 6.07 Å². The van der Waals surface area contributed by atoms with Crippen molar-refractivity contribution in [1.82, 2.24) is 4.98 Å². The number of hydrogen-bond donors (Lipinski definition) is 0. The second kappa shape index (κ2) is 5.73. The molecule has 96 valence electrons. The van der Waals surface area contributed by atoms with Crippen molar-refractivity contribution in [2.75, 3.05) is 11.4 Å². The highest BCUT2D eigenvalue weighted by Crippen LogP contribution is 2.33. The van der Waals surface area contributed by atoms with Crippen molar-refractivity contribution < 1.29 is 0 Å². The first-order valence-electron chi connectivity index (χ1n) is 6.06. The molecule has 4 heteroatoms. The molecule has 2 aromatic rings. The number of aryl methyl sites for hydroxylation is 1. The number of hydrogen-bond acceptors (Lipinski definition) is 3. The fourth-order valence-electron chi connectivity index (χ4n) is 2.01. The third kappa shape index (κ3) is 2.54. The van der Waals surface area contributed by atoms with Crippen molar-refractivity contribution in [2.24, 2.45) is 0 Å². The van der Waals surface area contributed by atoms with Crippen molar-refractivity contribution in [1.29, 1.82) is 5.26 Å². The van der Waals surface area contributed by atoms with E-state index in [1.54, 1.807) is 12.3 Å². The summed E-state index contributed by atoms with van der Waals surface area (Å²) < 4.78 is 0. The van der Waals surface area contributed by atoms with Gasteiger partial charge in [-0.25, -0.2) is 4.98 Å². The topological polar surface area (TPSA) is 39.9 Å². The maximum Gasteiger partial charge on any atom is 0.153 e. The lowest BCUT2D eigenvalue weighted by atomic mass is 10.1. The highest BCUT2D eigenvalue weighted by Gasteiger charge is 2.16. The Balaban J connectivity index is 2.56. The molecule has 0 aliphatic heterocycles. The van der Waals surface area contributed by atoms with Gasteiger partial charge in [-0.2, -0.15) is 5.26 Å². The average Bonchev–Trinajstić information content (AvgIpc) is 2.43.